The molecular weight excluding hydrogens is 179 g/mol. The van der Waals surface area contributed by atoms with Gasteiger partial charge in [-0.1, -0.05) is 0 Å². The molecule has 1 rings (SSSR count). The molecule has 1 aromatic rings. The molecule has 0 atom stereocenters. The number of nitro groups is 1. The molecule has 0 amide bonds. The molecule has 0 spiro atoms. The maximum atomic E-state index is 12.7. The van der Waals surface area contributed by atoms with Crippen LogP contribution < -0.4 is 10.5 Å². The third kappa shape index (κ3) is 1.66. The average Bonchev–Trinajstić information content (AvgIpc) is 2.08. The van der Waals surface area contributed by atoms with Crippen LogP contribution in [-0.2, 0) is 0 Å². The lowest BCUT2D eigenvalue weighted by Gasteiger charge is -2.04. The summed E-state index contributed by atoms with van der Waals surface area (Å²) in [6.45, 7) is 0. The third-order valence-electron chi connectivity index (χ3n) is 1.50. The Hall–Kier alpha value is -1.85. The Morgan fingerprint density at radius 1 is 1.62 bits per heavy atom. The first-order valence-corrected chi connectivity index (χ1v) is 3.33. The predicted molar refractivity (Wildman–Crippen MR) is 44.0 cm³/mol. The predicted octanol–water partition coefficient (Wildman–Crippen LogP) is 1.32. The van der Waals surface area contributed by atoms with Crippen molar-refractivity contribution in [2.75, 3.05) is 12.8 Å². The minimum Gasteiger partial charge on any atom is -0.494 e. The number of hydrogen-bond donors (Lipinski definition) is 1. The maximum Gasteiger partial charge on any atom is 0.298 e. The number of nitrogens with zero attached hydrogens (tertiary/aromatic N) is 1. The molecule has 0 aliphatic carbocycles. The monoisotopic (exact) mass is 186 g/mol. The minimum absolute atomic E-state index is 0.0355. The number of nitrogen functional groups attached to an aromatic ring is 1. The molecule has 0 aliphatic heterocycles. The van der Waals surface area contributed by atoms with E-state index in [0.717, 1.165) is 12.1 Å². The molecular formula is C7H7FN2O3. The van der Waals surface area contributed by atoms with Crippen molar-refractivity contribution in [2.24, 2.45) is 0 Å². The Labute approximate surface area is 73.1 Å². The molecule has 0 saturated heterocycles. The lowest BCUT2D eigenvalue weighted by Crippen LogP contribution is -1.99. The summed E-state index contributed by atoms with van der Waals surface area (Å²) in [6, 6.07) is 1.74. The molecule has 0 heterocycles. The molecule has 6 heteroatoms. The molecule has 2 N–H and O–H groups in total. The number of hydrogen-bond acceptors (Lipinski definition) is 4. The number of methoxy groups -OCH3 is 1. The van der Waals surface area contributed by atoms with E-state index in [2.05, 4.69) is 4.74 Å². The number of nitrogens with two attached hydrogens (primary N) is 1. The highest BCUT2D eigenvalue weighted by Gasteiger charge is 2.17. The summed E-state index contributed by atoms with van der Waals surface area (Å²) in [5.74, 6) is -0.788. The van der Waals surface area contributed by atoms with E-state index in [9.17, 15) is 14.5 Å². The highest BCUT2D eigenvalue weighted by molar-refractivity contribution is 5.66. The van der Waals surface area contributed by atoms with Gasteiger partial charge in [-0.05, 0) is 0 Å². The van der Waals surface area contributed by atoms with Gasteiger partial charge in [0.05, 0.1) is 18.1 Å². The van der Waals surface area contributed by atoms with E-state index >= 15 is 0 Å². The van der Waals surface area contributed by atoms with Crippen LogP contribution >= 0.6 is 0 Å². The van der Waals surface area contributed by atoms with Crippen LogP contribution in [0.4, 0.5) is 15.8 Å². The summed E-state index contributed by atoms with van der Waals surface area (Å²) in [4.78, 5) is 9.58. The maximum absolute atomic E-state index is 12.7. The fourth-order valence-electron chi connectivity index (χ4n) is 0.899. The van der Waals surface area contributed by atoms with Crippen molar-refractivity contribution in [3.63, 3.8) is 0 Å². The summed E-state index contributed by atoms with van der Waals surface area (Å²) >= 11 is 0. The van der Waals surface area contributed by atoms with Gasteiger partial charge >= 0.3 is 0 Å². The van der Waals surface area contributed by atoms with Crippen LogP contribution in [0.15, 0.2) is 12.1 Å². The molecule has 70 valence electrons. The van der Waals surface area contributed by atoms with Gasteiger partial charge < -0.3 is 10.5 Å². The van der Waals surface area contributed by atoms with Gasteiger partial charge in [-0.2, -0.15) is 0 Å². The summed E-state index contributed by atoms with van der Waals surface area (Å²) in [5, 5.41) is 10.3. The largest absolute Gasteiger partial charge is 0.494 e. The van der Waals surface area contributed by atoms with Crippen molar-refractivity contribution in [3.05, 3.63) is 28.1 Å². The second kappa shape index (κ2) is 3.26. The first-order valence-electron chi connectivity index (χ1n) is 3.33. The standard InChI is InChI=1S/C7H7FN2O3/c1-13-6-3-4(8)2-5(7(6)9)10(11)12/h2-3H,9H2,1H3. The van der Waals surface area contributed by atoms with Crippen molar-refractivity contribution in [1.82, 2.24) is 0 Å². The molecule has 1 aromatic carbocycles. The van der Waals surface area contributed by atoms with Crippen molar-refractivity contribution in [3.8, 4) is 5.75 Å². The van der Waals surface area contributed by atoms with E-state index in [4.69, 9.17) is 5.73 Å². The van der Waals surface area contributed by atoms with Gasteiger partial charge in [-0.25, -0.2) is 4.39 Å². The molecule has 5 nitrogen and oxygen atoms in total. The fourth-order valence-corrected chi connectivity index (χ4v) is 0.899. The Kier molecular flexibility index (Phi) is 2.32. The zero-order chi connectivity index (χ0) is 10.0. The van der Waals surface area contributed by atoms with Crippen molar-refractivity contribution in [1.29, 1.82) is 0 Å². The van der Waals surface area contributed by atoms with Crippen molar-refractivity contribution in [2.45, 2.75) is 0 Å². The number of halogens is 1. The fraction of sp³-hybridized carbons (Fsp3) is 0.143. The summed E-state index contributed by atoms with van der Waals surface area (Å²) < 4.78 is 17.4. The SMILES string of the molecule is COc1cc(F)cc([N+](=O)[O-])c1N. The zero-order valence-electron chi connectivity index (χ0n) is 6.78. The molecule has 0 fully saturated rings. The number of anilines is 1. The van der Waals surface area contributed by atoms with Crippen LogP contribution in [0.5, 0.6) is 5.75 Å². The Bertz CT molecular complexity index is 354. The van der Waals surface area contributed by atoms with Gasteiger partial charge in [-0.15, -0.1) is 0 Å². The normalized spacial score (nSPS) is 9.69. The number of benzene rings is 1. The molecule has 0 radical (unpaired) electrons. The quantitative estimate of drug-likeness (QED) is 0.429. The van der Waals surface area contributed by atoms with Crippen molar-refractivity contribution < 1.29 is 14.1 Å². The van der Waals surface area contributed by atoms with E-state index in [-0.39, 0.29) is 11.4 Å². The van der Waals surface area contributed by atoms with Gasteiger partial charge in [-0.3, -0.25) is 10.1 Å². The van der Waals surface area contributed by atoms with Crippen LogP contribution in [0.2, 0.25) is 0 Å². The second-order valence-corrected chi connectivity index (χ2v) is 2.30. The summed E-state index contributed by atoms with van der Waals surface area (Å²) in [6.07, 6.45) is 0. The average molecular weight is 186 g/mol. The van der Waals surface area contributed by atoms with Crippen LogP contribution in [0.1, 0.15) is 0 Å². The molecule has 0 saturated carbocycles. The smallest absolute Gasteiger partial charge is 0.298 e. The highest BCUT2D eigenvalue weighted by atomic mass is 19.1. The number of rotatable bonds is 2. The lowest BCUT2D eigenvalue weighted by atomic mass is 10.2. The second-order valence-electron chi connectivity index (χ2n) is 2.30. The molecule has 0 aromatic heterocycles. The summed E-state index contributed by atoms with van der Waals surface area (Å²) in [5.41, 5.74) is 4.67. The Morgan fingerprint density at radius 2 is 2.23 bits per heavy atom. The Balaban J connectivity index is 3.35. The summed E-state index contributed by atoms with van der Waals surface area (Å²) in [7, 11) is 1.26. The van der Waals surface area contributed by atoms with Crippen molar-refractivity contribution >= 4 is 11.4 Å². The first-order chi connectivity index (χ1) is 6.06. The van der Waals surface area contributed by atoms with Crippen LogP contribution in [0.3, 0.4) is 0 Å². The first kappa shape index (κ1) is 9.24. The highest BCUT2D eigenvalue weighted by Crippen LogP contribution is 2.31. The van der Waals surface area contributed by atoms with E-state index in [1.807, 2.05) is 0 Å². The van der Waals surface area contributed by atoms with Crippen LogP contribution in [0.25, 0.3) is 0 Å². The van der Waals surface area contributed by atoms with E-state index in [1.165, 1.54) is 7.11 Å². The number of ether oxygens (including phenoxy) is 1. The van der Waals surface area contributed by atoms with Crippen LogP contribution in [-0.4, -0.2) is 12.0 Å². The molecule has 0 aliphatic rings. The number of nitro benzene ring substituents is 1. The van der Waals surface area contributed by atoms with E-state index < -0.39 is 16.4 Å². The molecule has 13 heavy (non-hydrogen) atoms. The molecule has 0 bridgehead atoms. The van der Waals surface area contributed by atoms with Gasteiger partial charge in [0.25, 0.3) is 5.69 Å². The minimum atomic E-state index is -0.763. The third-order valence-corrected chi connectivity index (χ3v) is 1.50. The molecule has 0 unspecified atom stereocenters. The van der Waals surface area contributed by atoms with Crippen LogP contribution in [0, 0.1) is 15.9 Å². The van der Waals surface area contributed by atoms with Gasteiger partial charge in [0, 0.05) is 6.07 Å². The van der Waals surface area contributed by atoms with E-state index in [0.29, 0.717) is 0 Å². The Morgan fingerprint density at radius 3 is 2.69 bits per heavy atom. The lowest BCUT2D eigenvalue weighted by molar-refractivity contribution is -0.384. The van der Waals surface area contributed by atoms with Gasteiger partial charge in [0.1, 0.15) is 5.82 Å². The zero-order valence-corrected chi connectivity index (χ0v) is 6.78. The van der Waals surface area contributed by atoms with Gasteiger partial charge in [0.2, 0.25) is 0 Å². The topological polar surface area (TPSA) is 78.4 Å². The van der Waals surface area contributed by atoms with E-state index in [1.54, 1.807) is 0 Å². The van der Waals surface area contributed by atoms with Gasteiger partial charge in [0.15, 0.2) is 11.4 Å².